The van der Waals surface area contributed by atoms with E-state index < -0.39 is 0 Å². The van der Waals surface area contributed by atoms with Crippen LogP contribution in [-0.2, 0) is 0 Å². The molecule has 0 bridgehead atoms. The molecule has 1 rings (SSSR count). The first-order valence-electron chi connectivity index (χ1n) is 5.16. The van der Waals surface area contributed by atoms with Gasteiger partial charge in [0.25, 0.3) is 0 Å². The lowest BCUT2D eigenvalue weighted by molar-refractivity contribution is 0.502. The Morgan fingerprint density at radius 3 is 2.33 bits per heavy atom. The number of halogens is 1. The van der Waals surface area contributed by atoms with Crippen LogP contribution in [0, 0.1) is 12.8 Å². The number of hydrogen-bond acceptors (Lipinski definition) is 3. The second-order valence-electron chi connectivity index (χ2n) is 4.23. The summed E-state index contributed by atoms with van der Waals surface area (Å²) in [6.07, 6.45) is 0. The lowest BCUT2D eigenvalue weighted by Gasteiger charge is -2.29. The highest BCUT2D eigenvalue weighted by Crippen LogP contribution is 2.18. The summed E-state index contributed by atoms with van der Waals surface area (Å²) in [5.74, 6) is 1.46. The van der Waals surface area contributed by atoms with Gasteiger partial charge in [0.15, 0.2) is 0 Å². The molecule has 15 heavy (non-hydrogen) atoms. The minimum absolute atomic E-state index is 0.313. The van der Waals surface area contributed by atoms with Crippen LogP contribution in [0.5, 0.6) is 0 Å². The number of hydrogen-bond donors (Lipinski definition) is 0. The van der Waals surface area contributed by atoms with Crippen molar-refractivity contribution in [3.63, 3.8) is 0 Å². The molecule has 3 nitrogen and oxygen atoms in total. The molecule has 1 atom stereocenters. The van der Waals surface area contributed by atoms with Crippen molar-refractivity contribution < 1.29 is 0 Å². The van der Waals surface area contributed by atoms with Crippen molar-refractivity contribution in [3.8, 4) is 0 Å². The number of anilines is 1. The molecule has 1 aromatic heterocycles. The summed E-state index contributed by atoms with van der Waals surface area (Å²) in [7, 11) is 2.03. The van der Waals surface area contributed by atoms with Crippen LogP contribution >= 0.6 is 11.6 Å². The third-order valence-corrected chi connectivity index (χ3v) is 2.92. The van der Waals surface area contributed by atoms with E-state index in [4.69, 9.17) is 11.6 Å². The second kappa shape index (κ2) is 4.79. The summed E-state index contributed by atoms with van der Waals surface area (Å²) >= 11 is 5.83. The smallest absolute Gasteiger partial charge is 0.224 e. The maximum atomic E-state index is 5.83. The predicted octanol–water partition coefficient (Wildman–Crippen LogP) is 2.92. The summed E-state index contributed by atoms with van der Waals surface area (Å²) < 4.78 is 0. The minimum Gasteiger partial charge on any atom is -0.357 e. The molecule has 0 aliphatic heterocycles. The summed E-state index contributed by atoms with van der Waals surface area (Å²) in [6.45, 7) is 8.48. The van der Waals surface area contributed by atoms with Crippen molar-refractivity contribution in [2.45, 2.75) is 33.7 Å². The summed E-state index contributed by atoms with van der Waals surface area (Å²) in [5, 5.41) is 0.313. The molecule has 84 valence electrons. The van der Waals surface area contributed by atoms with Gasteiger partial charge in [0, 0.05) is 24.8 Å². The molecule has 0 saturated carbocycles. The maximum absolute atomic E-state index is 5.83. The lowest BCUT2D eigenvalue weighted by Crippen LogP contribution is -2.33. The molecule has 0 aromatic carbocycles. The zero-order valence-electron chi connectivity index (χ0n) is 9.95. The van der Waals surface area contributed by atoms with Gasteiger partial charge in [-0.25, -0.2) is 9.97 Å². The Balaban J connectivity index is 2.95. The van der Waals surface area contributed by atoms with Crippen LogP contribution in [0.25, 0.3) is 0 Å². The number of aryl methyl sites for hydroxylation is 1. The first-order chi connectivity index (χ1) is 6.91. The van der Waals surface area contributed by atoms with Crippen molar-refractivity contribution in [3.05, 3.63) is 17.0 Å². The highest BCUT2D eigenvalue weighted by molar-refractivity contribution is 6.28. The van der Waals surface area contributed by atoms with E-state index in [0.29, 0.717) is 17.2 Å². The van der Waals surface area contributed by atoms with Crippen molar-refractivity contribution in [2.75, 3.05) is 11.9 Å². The van der Waals surface area contributed by atoms with Crippen LogP contribution < -0.4 is 4.90 Å². The Morgan fingerprint density at radius 2 is 1.87 bits per heavy atom. The molecule has 0 fully saturated rings. The molecule has 0 aliphatic rings. The Bertz CT molecular complexity index is 318. The fraction of sp³-hybridized carbons (Fsp3) is 0.636. The van der Waals surface area contributed by atoms with Crippen molar-refractivity contribution in [1.82, 2.24) is 9.97 Å². The predicted molar refractivity (Wildman–Crippen MR) is 64.5 cm³/mol. The molecule has 0 radical (unpaired) electrons. The van der Waals surface area contributed by atoms with Crippen LogP contribution in [-0.4, -0.2) is 23.1 Å². The SMILES string of the molecule is Cc1cc(N(C)C(C)C(C)C)nc(Cl)n1. The molecular formula is C11H18ClN3. The summed E-state index contributed by atoms with van der Waals surface area (Å²) in [6, 6.07) is 2.38. The molecule has 0 N–H and O–H groups in total. The van der Waals surface area contributed by atoms with Crippen molar-refractivity contribution in [1.29, 1.82) is 0 Å². The van der Waals surface area contributed by atoms with E-state index in [1.807, 2.05) is 20.0 Å². The van der Waals surface area contributed by atoms with Crippen LogP contribution in [0.2, 0.25) is 5.28 Å². The van der Waals surface area contributed by atoms with Crippen molar-refractivity contribution >= 4 is 17.4 Å². The average Bonchev–Trinajstić information content (AvgIpc) is 2.13. The maximum Gasteiger partial charge on any atom is 0.224 e. The van der Waals surface area contributed by atoms with E-state index in [0.717, 1.165) is 11.5 Å². The largest absolute Gasteiger partial charge is 0.357 e. The molecule has 1 heterocycles. The molecule has 0 aliphatic carbocycles. The van der Waals surface area contributed by atoms with E-state index in [2.05, 4.69) is 35.6 Å². The quantitative estimate of drug-likeness (QED) is 0.744. The highest BCUT2D eigenvalue weighted by atomic mass is 35.5. The zero-order chi connectivity index (χ0) is 11.6. The molecule has 1 unspecified atom stereocenters. The first kappa shape index (κ1) is 12.2. The standard InChI is InChI=1S/C11H18ClN3/c1-7(2)9(4)15(5)10-6-8(3)13-11(12)14-10/h6-7,9H,1-5H3. The fourth-order valence-electron chi connectivity index (χ4n) is 1.35. The van der Waals surface area contributed by atoms with Gasteiger partial charge >= 0.3 is 0 Å². The van der Waals surface area contributed by atoms with E-state index in [-0.39, 0.29) is 0 Å². The van der Waals surface area contributed by atoms with E-state index in [1.54, 1.807) is 0 Å². The minimum atomic E-state index is 0.313. The topological polar surface area (TPSA) is 29.0 Å². The summed E-state index contributed by atoms with van der Waals surface area (Å²) in [5.41, 5.74) is 0.896. The molecular weight excluding hydrogens is 210 g/mol. The van der Waals surface area contributed by atoms with E-state index in [9.17, 15) is 0 Å². The van der Waals surface area contributed by atoms with Crippen LogP contribution in [0.4, 0.5) is 5.82 Å². The zero-order valence-corrected chi connectivity index (χ0v) is 10.7. The molecule has 0 saturated heterocycles. The van der Waals surface area contributed by atoms with Crippen molar-refractivity contribution in [2.24, 2.45) is 5.92 Å². The Morgan fingerprint density at radius 1 is 1.27 bits per heavy atom. The molecule has 0 amide bonds. The Labute approximate surface area is 96.5 Å². The van der Waals surface area contributed by atoms with Gasteiger partial charge in [0.1, 0.15) is 5.82 Å². The van der Waals surface area contributed by atoms with E-state index >= 15 is 0 Å². The third-order valence-electron chi connectivity index (χ3n) is 2.75. The lowest BCUT2D eigenvalue weighted by atomic mass is 10.1. The van der Waals surface area contributed by atoms with Crippen LogP contribution in [0.15, 0.2) is 6.07 Å². The van der Waals surface area contributed by atoms with Crippen LogP contribution in [0.1, 0.15) is 26.5 Å². The van der Waals surface area contributed by atoms with Gasteiger partial charge in [-0.1, -0.05) is 13.8 Å². The fourth-order valence-corrected chi connectivity index (χ4v) is 1.57. The van der Waals surface area contributed by atoms with Gasteiger partial charge in [0.05, 0.1) is 0 Å². The van der Waals surface area contributed by atoms with Gasteiger partial charge in [0.2, 0.25) is 5.28 Å². The third kappa shape index (κ3) is 3.06. The number of nitrogens with zero attached hydrogens (tertiary/aromatic N) is 3. The molecule has 1 aromatic rings. The highest BCUT2D eigenvalue weighted by Gasteiger charge is 2.15. The molecule has 4 heteroatoms. The molecule has 0 spiro atoms. The Hall–Kier alpha value is -0.830. The van der Waals surface area contributed by atoms with Crippen LogP contribution in [0.3, 0.4) is 0 Å². The average molecular weight is 228 g/mol. The first-order valence-corrected chi connectivity index (χ1v) is 5.53. The van der Waals surface area contributed by atoms with Gasteiger partial charge in [-0.15, -0.1) is 0 Å². The Kier molecular flexibility index (Phi) is 3.91. The normalized spacial score (nSPS) is 13.0. The van der Waals surface area contributed by atoms with Gasteiger partial charge in [-0.3, -0.25) is 0 Å². The number of aromatic nitrogens is 2. The van der Waals surface area contributed by atoms with E-state index in [1.165, 1.54) is 0 Å². The monoisotopic (exact) mass is 227 g/mol. The number of rotatable bonds is 3. The second-order valence-corrected chi connectivity index (χ2v) is 4.57. The van der Waals surface area contributed by atoms with Gasteiger partial charge in [-0.05, 0) is 31.4 Å². The summed E-state index contributed by atoms with van der Waals surface area (Å²) in [4.78, 5) is 10.4. The van der Waals surface area contributed by atoms with Gasteiger partial charge < -0.3 is 4.90 Å². The van der Waals surface area contributed by atoms with Gasteiger partial charge in [-0.2, -0.15) is 0 Å².